The molecule has 3 aromatic heterocycles. The fourth-order valence-corrected chi connectivity index (χ4v) is 3.93. The van der Waals surface area contributed by atoms with E-state index in [-0.39, 0.29) is 0 Å². The van der Waals surface area contributed by atoms with Gasteiger partial charge in [-0.05, 0) is 49.2 Å². The number of methoxy groups -OCH3 is 1. The van der Waals surface area contributed by atoms with Crippen LogP contribution in [0.15, 0.2) is 66.9 Å². The van der Waals surface area contributed by atoms with E-state index in [0.717, 1.165) is 33.6 Å². The summed E-state index contributed by atoms with van der Waals surface area (Å²) in [6, 6.07) is 21.2. The summed E-state index contributed by atoms with van der Waals surface area (Å²) in [5, 5.41) is 2.41. The third kappa shape index (κ3) is 2.32. The second-order valence-electron chi connectivity index (χ2n) is 7.02. The molecule has 3 heterocycles. The van der Waals surface area contributed by atoms with Crippen LogP contribution >= 0.6 is 0 Å². The summed E-state index contributed by atoms with van der Waals surface area (Å²) in [6.07, 6.45) is 2.12. The molecule has 0 unspecified atom stereocenters. The van der Waals surface area contributed by atoms with Crippen molar-refractivity contribution in [3.63, 3.8) is 0 Å². The van der Waals surface area contributed by atoms with Gasteiger partial charge in [0.1, 0.15) is 5.75 Å². The van der Waals surface area contributed by atoms with E-state index in [1.54, 1.807) is 7.11 Å². The maximum atomic E-state index is 5.56. The molecule has 5 rings (SSSR count). The van der Waals surface area contributed by atoms with Crippen LogP contribution < -0.4 is 4.74 Å². The predicted molar refractivity (Wildman–Crippen MR) is 112 cm³/mol. The van der Waals surface area contributed by atoms with Crippen LogP contribution in [0.5, 0.6) is 5.75 Å². The Labute approximate surface area is 157 Å². The molecule has 0 aliphatic carbocycles. The number of ether oxygens (including phenoxy) is 1. The SMILES string of the molecule is COc1cc(-c2nc3ccccc3c3cc4c(C)cccn4c23)ccc1C. The van der Waals surface area contributed by atoms with Gasteiger partial charge in [0.15, 0.2) is 0 Å². The Morgan fingerprint density at radius 3 is 2.56 bits per heavy atom. The van der Waals surface area contributed by atoms with E-state index >= 15 is 0 Å². The molecule has 5 aromatic rings. The average Bonchev–Trinajstić information content (AvgIpc) is 3.09. The highest BCUT2D eigenvalue weighted by atomic mass is 16.5. The molecule has 3 heteroatoms. The van der Waals surface area contributed by atoms with Crippen LogP contribution in [0, 0.1) is 13.8 Å². The second-order valence-corrected chi connectivity index (χ2v) is 7.02. The van der Waals surface area contributed by atoms with Crippen molar-refractivity contribution in [1.29, 1.82) is 0 Å². The number of hydrogen-bond acceptors (Lipinski definition) is 2. The minimum Gasteiger partial charge on any atom is -0.496 e. The second kappa shape index (κ2) is 5.85. The van der Waals surface area contributed by atoms with Crippen molar-refractivity contribution in [2.45, 2.75) is 13.8 Å². The quantitative estimate of drug-likeness (QED) is 0.393. The molecule has 0 saturated heterocycles. The zero-order valence-electron chi connectivity index (χ0n) is 15.7. The molecule has 0 amide bonds. The highest BCUT2D eigenvalue weighted by Crippen LogP contribution is 2.36. The Hall–Kier alpha value is -3.33. The van der Waals surface area contributed by atoms with Crippen molar-refractivity contribution in [2.24, 2.45) is 0 Å². The molecule has 0 aliphatic heterocycles. The van der Waals surface area contributed by atoms with E-state index in [0.29, 0.717) is 0 Å². The smallest absolute Gasteiger partial charge is 0.122 e. The molecule has 3 nitrogen and oxygen atoms in total. The lowest BCUT2D eigenvalue weighted by Crippen LogP contribution is -1.94. The predicted octanol–water partition coefficient (Wildman–Crippen LogP) is 5.93. The Balaban J connectivity index is 1.99. The maximum absolute atomic E-state index is 5.56. The van der Waals surface area contributed by atoms with E-state index in [1.807, 2.05) is 6.07 Å². The highest BCUT2D eigenvalue weighted by molar-refractivity contribution is 6.12. The van der Waals surface area contributed by atoms with Gasteiger partial charge in [-0.2, -0.15) is 0 Å². The maximum Gasteiger partial charge on any atom is 0.122 e. The molecule has 27 heavy (non-hydrogen) atoms. The molecule has 0 aliphatic rings. The first-order valence-corrected chi connectivity index (χ1v) is 9.11. The summed E-state index contributed by atoms with van der Waals surface area (Å²) < 4.78 is 7.82. The van der Waals surface area contributed by atoms with Crippen LogP contribution in [0.1, 0.15) is 11.1 Å². The highest BCUT2D eigenvalue weighted by Gasteiger charge is 2.16. The van der Waals surface area contributed by atoms with Crippen LogP contribution in [0.2, 0.25) is 0 Å². The van der Waals surface area contributed by atoms with E-state index < -0.39 is 0 Å². The number of hydrogen-bond donors (Lipinski definition) is 0. The number of benzene rings is 2. The number of aromatic nitrogens is 2. The normalized spacial score (nSPS) is 11.5. The number of fused-ring (bicyclic) bond motifs is 5. The van der Waals surface area contributed by atoms with Crippen molar-refractivity contribution in [2.75, 3.05) is 7.11 Å². The van der Waals surface area contributed by atoms with E-state index in [1.165, 1.54) is 21.9 Å². The van der Waals surface area contributed by atoms with Crippen molar-refractivity contribution in [3.8, 4) is 17.0 Å². The summed E-state index contributed by atoms with van der Waals surface area (Å²) in [4.78, 5) is 5.05. The molecule has 0 N–H and O–H groups in total. The van der Waals surface area contributed by atoms with Gasteiger partial charge in [-0.1, -0.05) is 36.4 Å². The van der Waals surface area contributed by atoms with E-state index in [2.05, 4.69) is 79.0 Å². The summed E-state index contributed by atoms with van der Waals surface area (Å²) in [6.45, 7) is 4.21. The Morgan fingerprint density at radius 1 is 0.852 bits per heavy atom. The van der Waals surface area contributed by atoms with E-state index in [9.17, 15) is 0 Å². The Morgan fingerprint density at radius 2 is 1.70 bits per heavy atom. The van der Waals surface area contributed by atoms with Crippen molar-refractivity contribution in [1.82, 2.24) is 9.38 Å². The molecule has 0 fully saturated rings. The van der Waals surface area contributed by atoms with Crippen LogP contribution in [0.4, 0.5) is 0 Å². The fraction of sp³-hybridized carbons (Fsp3) is 0.125. The van der Waals surface area contributed by atoms with Crippen molar-refractivity contribution >= 4 is 27.3 Å². The summed E-state index contributed by atoms with van der Waals surface area (Å²) >= 11 is 0. The zero-order valence-corrected chi connectivity index (χ0v) is 15.7. The monoisotopic (exact) mass is 352 g/mol. The first-order valence-electron chi connectivity index (χ1n) is 9.11. The zero-order chi connectivity index (χ0) is 18.5. The van der Waals surface area contributed by atoms with Gasteiger partial charge in [-0.15, -0.1) is 0 Å². The number of aryl methyl sites for hydroxylation is 2. The minimum absolute atomic E-state index is 0.882. The molecular formula is C24H20N2O. The van der Waals surface area contributed by atoms with Crippen molar-refractivity contribution < 1.29 is 4.74 Å². The fourth-order valence-electron chi connectivity index (χ4n) is 3.93. The van der Waals surface area contributed by atoms with Gasteiger partial charge in [0.2, 0.25) is 0 Å². The molecule has 0 atom stereocenters. The third-order valence-corrected chi connectivity index (χ3v) is 5.35. The minimum atomic E-state index is 0.882. The third-order valence-electron chi connectivity index (χ3n) is 5.35. The van der Waals surface area contributed by atoms with Crippen LogP contribution in [0.3, 0.4) is 0 Å². The van der Waals surface area contributed by atoms with Gasteiger partial charge < -0.3 is 9.14 Å². The number of nitrogens with zero attached hydrogens (tertiary/aromatic N) is 2. The van der Waals surface area contributed by atoms with Crippen LogP contribution in [-0.4, -0.2) is 16.5 Å². The number of para-hydroxylation sites is 1. The molecule has 0 saturated carbocycles. The van der Waals surface area contributed by atoms with Gasteiger partial charge in [0, 0.05) is 28.0 Å². The Kier molecular flexibility index (Phi) is 3.44. The molecular weight excluding hydrogens is 332 g/mol. The largest absolute Gasteiger partial charge is 0.496 e. The molecule has 2 aromatic carbocycles. The first kappa shape index (κ1) is 15.9. The van der Waals surface area contributed by atoms with Gasteiger partial charge >= 0.3 is 0 Å². The lowest BCUT2D eigenvalue weighted by Gasteiger charge is -2.11. The molecule has 0 radical (unpaired) electrons. The van der Waals surface area contributed by atoms with Gasteiger partial charge in [-0.25, -0.2) is 4.98 Å². The van der Waals surface area contributed by atoms with Gasteiger partial charge in [-0.3, -0.25) is 0 Å². The van der Waals surface area contributed by atoms with Gasteiger partial charge in [0.05, 0.1) is 23.8 Å². The summed E-state index contributed by atoms with van der Waals surface area (Å²) in [5.41, 5.74) is 7.78. The number of pyridine rings is 2. The topological polar surface area (TPSA) is 26.5 Å². The van der Waals surface area contributed by atoms with Gasteiger partial charge in [0.25, 0.3) is 0 Å². The Bertz CT molecular complexity index is 1330. The molecule has 0 spiro atoms. The first-order chi connectivity index (χ1) is 13.2. The number of rotatable bonds is 2. The molecule has 0 bridgehead atoms. The standard InChI is InChI=1S/C24H20N2O/c1-15-7-6-12-26-21(15)14-19-18-8-4-5-9-20(18)25-23(24(19)26)17-11-10-16(2)22(13-17)27-3/h4-14H,1-3H3. The summed E-state index contributed by atoms with van der Waals surface area (Å²) in [7, 11) is 1.71. The summed E-state index contributed by atoms with van der Waals surface area (Å²) in [5.74, 6) is 0.882. The lowest BCUT2D eigenvalue weighted by atomic mass is 10.0. The average molecular weight is 352 g/mol. The van der Waals surface area contributed by atoms with E-state index in [4.69, 9.17) is 9.72 Å². The molecule has 132 valence electrons. The van der Waals surface area contributed by atoms with Crippen LogP contribution in [-0.2, 0) is 0 Å². The van der Waals surface area contributed by atoms with Crippen LogP contribution in [0.25, 0.3) is 38.6 Å². The van der Waals surface area contributed by atoms with Crippen molar-refractivity contribution in [3.05, 3.63) is 78.0 Å². The lowest BCUT2D eigenvalue weighted by molar-refractivity contribution is 0.412.